The van der Waals surface area contributed by atoms with Crippen LogP contribution in [0.2, 0.25) is 0 Å². The summed E-state index contributed by atoms with van der Waals surface area (Å²) in [5.74, 6) is 0. The van der Waals surface area contributed by atoms with Crippen molar-refractivity contribution in [3.8, 4) is 0 Å². The van der Waals surface area contributed by atoms with Gasteiger partial charge in [-0.1, -0.05) is 42.7 Å². The molecule has 16 heavy (non-hydrogen) atoms. The number of likely N-dealkylation sites (N-methyl/N-ethyl adjacent to an activating group) is 1. The normalized spacial score (nSPS) is 20.9. The van der Waals surface area contributed by atoms with E-state index in [1.807, 2.05) is 7.05 Å². The number of rotatable bonds is 3. The molecule has 1 atom stereocenters. The Morgan fingerprint density at radius 3 is 2.25 bits per heavy atom. The number of benzene rings is 1. The van der Waals surface area contributed by atoms with Crippen LogP contribution in [0.5, 0.6) is 0 Å². The molecule has 1 aliphatic carbocycles. The third-order valence-corrected chi connectivity index (χ3v) is 3.71. The monoisotopic (exact) mass is 219 g/mol. The quantitative estimate of drug-likeness (QED) is 0.819. The molecule has 1 fully saturated rings. The highest BCUT2D eigenvalue weighted by Crippen LogP contribution is 2.39. The van der Waals surface area contributed by atoms with E-state index in [0.29, 0.717) is 0 Å². The molecule has 2 nitrogen and oxygen atoms in total. The second-order valence-electron chi connectivity index (χ2n) is 4.94. The Kier molecular flexibility index (Phi) is 3.31. The molecule has 2 N–H and O–H groups in total. The standard InChI is InChI=1S/C14H21NO/c1-11-5-7-12(8-6-11)13(15-2)14(16)9-3-4-10-14/h5-8,13,15-16H,3-4,9-10H2,1-2H3. The van der Waals surface area contributed by atoms with Crippen molar-refractivity contribution in [2.45, 2.75) is 44.2 Å². The molecule has 1 aromatic rings. The number of aryl methyl sites for hydroxylation is 1. The SMILES string of the molecule is CNC(c1ccc(C)cc1)C1(O)CCCC1. The maximum absolute atomic E-state index is 10.6. The Morgan fingerprint density at radius 1 is 1.19 bits per heavy atom. The van der Waals surface area contributed by atoms with Gasteiger partial charge in [0, 0.05) is 0 Å². The molecule has 0 aromatic heterocycles. The molecule has 0 spiro atoms. The number of hydrogen-bond acceptors (Lipinski definition) is 2. The zero-order valence-electron chi connectivity index (χ0n) is 10.2. The van der Waals surface area contributed by atoms with E-state index in [2.05, 4.69) is 36.5 Å². The van der Waals surface area contributed by atoms with Crippen molar-refractivity contribution in [2.75, 3.05) is 7.05 Å². The molecule has 0 radical (unpaired) electrons. The number of aliphatic hydroxyl groups is 1. The van der Waals surface area contributed by atoms with Crippen LogP contribution in [0.1, 0.15) is 42.9 Å². The van der Waals surface area contributed by atoms with Crippen molar-refractivity contribution in [3.63, 3.8) is 0 Å². The highest BCUT2D eigenvalue weighted by atomic mass is 16.3. The van der Waals surface area contributed by atoms with E-state index in [4.69, 9.17) is 0 Å². The second kappa shape index (κ2) is 4.56. The van der Waals surface area contributed by atoms with Gasteiger partial charge >= 0.3 is 0 Å². The van der Waals surface area contributed by atoms with Crippen LogP contribution in [0, 0.1) is 6.92 Å². The number of hydrogen-bond donors (Lipinski definition) is 2. The molecule has 0 bridgehead atoms. The molecule has 2 heteroatoms. The van der Waals surface area contributed by atoms with Crippen LogP contribution < -0.4 is 5.32 Å². The van der Waals surface area contributed by atoms with Crippen molar-refractivity contribution in [2.24, 2.45) is 0 Å². The summed E-state index contributed by atoms with van der Waals surface area (Å²) in [7, 11) is 1.93. The maximum Gasteiger partial charge on any atom is 0.0841 e. The highest BCUT2D eigenvalue weighted by molar-refractivity contribution is 5.26. The molecule has 1 saturated carbocycles. The average Bonchev–Trinajstić information content (AvgIpc) is 2.70. The predicted octanol–water partition coefficient (Wildman–Crippen LogP) is 2.56. The molecular formula is C14H21NO. The molecule has 0 saturated heterocycles. The fourth-order valence-corrected chi connectivity index (χ4v) is 2.78. The van der Waals surface area contributed by atoms with Gasteiger partial charge < -0.3 is 10.4 Å². The lowest BCUT2D eigenvalue weighted by molar-refractivity contribution is 0.00956. The average molecular weight is 219 g/mol. The van der Waals surface area contributed by atoms with Gasteiger partial charge in [-0.15, -0.1) is 0 Å². The molecule has 1 aliphatic rings. The summed E-state index contributed by atoms with van der Waals surface area (Å²) in [5.41, 5.74) is 1.90. The summed E-state index contributed by atoms with van der Waals surface area (Å²) in [6, 6.07) is 8.52. The lowest BCUT2D eigenvalue weighted by Gasteiger charge is -2.32. The van der Waals surface area contributed by atoms with Crippen molar-refractivity contribution >= 4 is 0 Å². The molecule has 88 valence electrons. The van der Waals surface area contributed by atoms with Crippen molar-refractivity contribution in [3.05, 3.63) is 35.4 Å². The minimum absolute atomic E-state index is 0.0654. The first-order valence-electron chi connectivity index (χ1n) is 6.12. The van der Waals surface area contributed by atoms with E-state index < -0.39 is 5.60 Å². The van der Waals surface area contributed by atoms with Crippen LogP contribution in [0.15, 0.2) is 24.3 Å². The lowest BCUT2D eigenvalue weighted by Crippen LogP contribution is -2.40. The van der Waals surface area contributed by atoms with Gasteiger partial charge in [-0.3, -0.25) is 0 Å². The molecule has 0 heterocycles. The summed E-state index contributed by atoms with van der Waals surface area (Å²) in [6.45, 7) is 2.09. The summed E-state index contributed by atoms with van der Waals surface area (Å²) < 4.78 is 0. The van der Waals surface area contributed by atoms with Crippen LogP contribution in [0.25, 0.3) is 0 Å². The smallest absolute Gasteiger partial charge is 0.0841 e. The maximum atomic E-state index is 10.6. The van der Waals surface area contributed by atoms with Crippen LogP contribution in [-0.4, -0.2) is 17.8 Å². The fraction of sp³-hybridized carbons (Fsp3) is 0.571. The van der Waals surface area contributed by atoms with Gasteiger partial charge in [0.2, 0.25) is 0 Å². The zero-order chi connectivity index (χ0) is 11.6. The van der Waals surface area contributed by atoms with Crippen molar-refractivity contribution in [1.82, 2.24) is 5.32 Å². The Hall–Kier alpha value is -0.860. The van der Waals surface area contributed by atoms with E-state index >= 15 is 0 Å². The van der Waals surface area contributed by atoms with Gasteiger partial charge in [0.05, 0.1) is 11.6 Å². The molecule has 1 aromatic carbocycles. The summed E-state index contributed by atoms with van der Waals surface area (Å²) in [6.07, 6.45) is 4.10. The van der Waals surface area contributed by atoms with Gasteiger partial charge in [0.25, 0.3) is 0 Å². The molecule has 0 aliphatic heterocycles. The summed E-state index contributed by atoms with van der Waals surface area (Å²) in [4.78, 5) is 0. The van der Waals surface area contributed by atoms with Crippen LogP contribution in [-0.2, 0) is 0 Å². The zero-order valence-corrected chi connectivity index (χ0v) is 10.2. The van der Waals surface area contributed by atoms with Gasteiger partial charge in [0.15, 0.2) is 0 Å². The first-order valence-corrected chi connectivity index (χ1v) is 6.12. The first kappa shape index (κ1) is 11.6. The van der Waals surface area contributed by atoms with Gasteiger partial charge in [-0.05, 0) is 32.4 Å². The third-order valence-electron chi connectivity index (χ3n) is 3.71. The number of nitrogens with one attached hydrogen (secondary N) is 1. The molecular weight excluding hydrogens is 198 g/mol. The minimum Gasteiger partial charge on any atom is -0.388 e. The Bertz CT molecular complexity index is 338. The van der Waals surface area contributed by atoms with Gasteiger partial charge in [-0.25, -0.2) is 0 Å². The van der Waals surface area contributed by atoms with E-state index in [1.165, 1.54) is 11.1 Å². The van der Waals surface area contributed by atoms with Crippen LogP contribution >= 0.6 is 0 Å². The lowest BCUT2D eigenvalue weighted by atomic mass is 9.87. The van der Waals surface area contributed by atoms with E-state index in [1.54, 1.807) is 0 Å². The van der Waals surface area contributed by atoms with Crippen molar-refractivity contribution < 1.29 is 5.11 Å². The van der Waals surface area contributed by atoms with E-state index in [9.17, 15) is 5.11 Å². The second-order valence-corrected chi connectivity index (χ2v) is 4.94. The Morgan fingerprint density at radius 2 is 1.75 bits per heavy atom. The predicted molar refractivity (Wildman–Crippen MR) is 66.4 cm³/mol. The summed E-state index contributed by atoms with van der Waals surface area (Å²) >= 11 is 0. The van der Waals surface area contributed by atoms with Gasteiger partial charge in [-0.2, -0.15) is 0 Å². The van der Waals surface area contributed by atoms with Crippen LogP contribution in [0.3, 0.4) is 0 Å². The van der Waals surface area contributed by atoms with Crippen molar-refractivity contribution in [1.29, 1.82) is 0 Å². The Labute approximate surface area is 97.7 Å². The molecule has 1 unspecified atom stereocenters. The highest BCUT2D eigenvalue weighted by Gasteiger charge is 2.39. The van der Waals surface area contributed by atoms with E-state index in [0.717, 1.165) is 25.7 Å². The van der Waals surface area contributed by atoms with Gasteiger partial charge in [0.1, 0.15) is 0 Å². The van der Waals surface area contributed by atoms with E-state index in [-0.39, 0.29) is 6.04 Å². The van der Waals surface area contributed by atoms with Crippen LogP contribution in [0.4, 0.5) is 0 Å². The topological polar surface area (TPSA) is 32.3 Å². The molecule has 0 amide bonds. The summed E-state index contributed by atoms with van der Waals surface area (Å²) in [5, 5.41) is 13.9. The fourth-order valence-electron chi connectivity index (χ4n) is 2.78. The Balaban J connectivity index is 2.25. The minimum atomic E-state index is -0.552. The first-order chi connectivity index (χ1) is 7.65. The largest absolute Gasteiger partial charge is 0.388 e. The third kappa shape index (κ3) is 2.13. The molecule has 2 rings (SSSR count).